The topological polar surface area (TPSA) is 232 Å². The first kappa shape index (κ1) is 35.9. The summed E-state index contributed by atoms with van der Waals surface area (Å²) >= 11 is 0. The van der Waals surface area contributed by atoms with E-state index in [9.17, 15) is 44.7 Å². The van der Waals surface area contributed by atoms with Crippen molar-refractivity contribution in [2.75, 3.05) is 6.61 Å². The molecule has 14 atom stereocenters. The molecular formula is C34H46O15. The van der Waals surface area contributed by atoms with Crippen LogP contribution in [0.2, 0.25) is 0 Å². The monoisotopic (exact) mass is 694 g/mol. The minimum atomic E-state index is -1.78. The predicted molar refractivity (Wildman–Crippen MR) is 162 cm³/mol. The lowest BCUT2D eigenvalue weighted by Crippen LogP contribution is -2.72. The number of esters is 2. The molecule has 0 radical (unpaired) electrons. The number of aliphatic hydroxyl groups excluding tert-OH is 4. The highest BCUT2D eigenvalue weighted by atomic mass is 16.7. The van der Waals surface area contributed by atoms with E-state index in [0.717, 1.165) is 0 Å². The molecule has 0 unspecified atom stereocenters. The first-order valence-electron chi connectivity index (χ1n) is 16.6. The molecule has 1 aromatic heterocycles. The molecule has 49 heavy (non-hydrogen) atoms. The van der Waals surface area contributed by atoms with E-state index in [1.807, 2.05) is 6.92 Å². The Morgan fingerprint density at radius 3 is 2.29 bits per heavy atom. The van der Waals surface area contributed by atoms with Crippen LogP contribution in [0.1, 0.15) is 78.9 Å². The molecule has 5 fully saturated rings. The standard InChI is InChI=1S/C34H46O15/c1-15(36)45-21-12-22(38)48-30(2,3)19-11-20(37)33(6)18(32(19,21)5)7-9-31(4,34(33)27(49-34)28(42)43)26(16-8-10-44-14-16)47-29-25(41)24(40)23(39)17(13-35)46-29/h8,10,14,17-19,21,23-27,29,35,39-41H,7,9,11-13H2,1-6H3,(H,42,43)/t17-,18-,19+,21+,23-,24+,25-,26+,27-,29+,31+,32-,33+,34-/m1/s1. The van der Waals surface area contributed by atoms with Crippen molar-refractivity contribution in [3.8, 4) is 0 Å². The number of aliphatic carboxylic acids is 1. The molecule has 15 heteroatoms. The average molecular weight is 695 g/mol. The number of rotatable bonds is 7. The van der Waals surface area contributed by atoms with Gasteiger partial charge in [0, 0.05) is 35.7 Å². The van der Waals surface area contributed by atoms with Gasteiger partial charge in [0.1, 0.15) is 47.5 Å². The van der Waals surface area contributed by atoms with Gasteiger partial charge in [-0.2, -0.15) is 0 Å². The average Bonchev–Trinajstić information content (AvgIpc) is 3.60. The quantitative estimate of drug-likeness (QED) is 0.198. The number of Topliss-reactive ketones (excluding diaryl/α,β-unsaturated/α-hetero) is 1. The van der Waals surface area contributed by atoms with E-state index >= 15 is 0 Å². The SMILES string of the molecule is CC(=O)O[C@H]1CC(=O)OC(C)(C)[C@@H]2CC(=O)[C@]3(C)[C@H](CC[C@@](C)([C@@H](O[C@@H]4O[C@H](CO)[C@@H](O)[C@H](O)[C@H]4O)c4ccoc4)[C@@]34O[C@@H]4C(=O)O)[C@@]12C. The van der Waals surface area contributed by atoms with Crippen molar-refractivity contribution in [3.63, 3.8) is 0 Å². The Hall–Kier alpha value is -2.92. The summed E-state index contributed by atoms with van der Waals surface area (Å²) < 4.78 is 35.6. The lowest BCUT2D eigenvalue weighted by molar-refractivity contribution is -0.328. The highest BCUT2D eigenvalue weighted by molar-refractivity contribution is 5.92. The smallest absolute Gasteiger partial charge is 0.335 e. The van der Waals surface area contributed by atoms with Crippen LogP contribution in [-0.2, 0) is 42.9 Å². The second-order valence-electron chi connectivity index (χ2n) is 15.5. The van der Waals surface area contributed by atoms with Crippen LogP contribution in [0, 0.1) is 28.1 Å². The van der Waals surface area contributed by atoms with E-state index in [0.29, 0.717) is 5.56 Å². The number of hydrogen-bond donors (Lipinski definition) is 5. The molecule has 6 rings (SSSR count). The van der Waals surface area contributed by atoms with E-state index in [1.165, 1.54) is 19.5 Å². The van der Waals surface area contributed by atoms with E-state index in [-0.39, 0.29) is 31.5 Å². The molecule has 1 spiro atoms. The van der Waals surface area contributed by atoms with Gasteiger partial charge in [0.2, 0.25) is 0 Å². The van der Waals surface area contributed by atoms with Crippen molar-refractivity contribution in [2.45, 2.75) is 127 Å². The Morgan fingerprint density at radius 1 is 1.02 bits per heavy atom. The van der Waals surface area contributed by atoms with Gasteiger partial charge in [-0.25, -0.2) is 4.79 Å². The Labute approximate surface area is 282 Å². The van der Waals surface area contributed by atoms with Crippen LogP contribution in [0.25, 0.3) is 0 Å². The molecule has 15 nitrogen and oxygen atoms in total. The molecule has 1 aromatic rings. The molecule has 4 heterocycles. The maximum absolute atomic E-state index is 14.8. The number of aliphatic hydroxyl groups is 4. The maximum Gasteiger partial charge on any atom is 0.335 e. The number of ether oxygens (including phenoxy) is 5. The number of furan rings is 1. The van der Waals surface area contributed by atoms with Crippen LogP contribution in [0.15, 0.2) is 23.0 Å². The molecular weight excluding hydrogens is 648 g/mol. The Bertz CT molecular complexity index is 1490. The van der Waals surface area contributed by atoms with Crippen LogP contribution < -0.4 is 0 Å². The number of epoxide rings is 1. The van der Waals surface area contributed by atoms with Crippen LogP contribution in [0.4, 0.5) is 0 Å². The minimum Gasteiger partial charge on any atom is -0.479 e. The van der Waals surface area contributed by atoms with Gasteiger partial charge in [-0.05, 0) is 45.6 Å². The molecule has 2 aliphatic carbocycles. The van der Waals surface area contributed by atoms with Gasteiger partial charge >= 0.3 is 17.9 Å². The molecule has 2 saturated carbocycles. The van der Waals surface area contributed by atoms with Gasteiger partial charge in [-0.3, -0.25) is 14.4 Å². The molecule has 272 valence electrons. The lowest BCUT2D eigenvalue weighted by atomic mass is 9.37. The van der Waals surface area contributed by atoms with Gasteiger partial charge in [0.05, 0.1) is 37.1 Å². The third kappa shape index (κ3) is 4.94. The highest BCUT2D eigenvalue weighted by Gasteiger charge is 2.87. The van der Waals surface area contributed by atoms with Gasteiger partial charge in [0.25, 0.3) is 0 Å². The van der Waals surface area contributed by atoms with Gasteiger partial charge in [-0.1, -0.05) is 13.8 Å². The van der Waals surface area contributed by atoms with Crippen LogP contribution in [0.3, 0.4) is 0 Å². The normalized spacial score (nSPS) is 46.5. The summed E-state index contributed by atoms with van der Waals surface area (Å²) in [4.78, 5) is 53.4. The second kappa shape index (κ2) is 11.8. The molecule has 0 amide bonds. The number of carboxylic acid groups (broad SMARTS) is 1. The number of ketones is 1. The fraction of sp³-hybridized carbons (Fsp3) is 0.765. The summed E-state index contributed by atoms with van der Waals surface area (Å²) in [6.45, 7) is 9.26. The zero-order chi connectivity index (χ0) is 36.1. The van der Waals surface area contributed by atoms with E-state index in [1.54, 1.807) is 33.8 Å². The largest absolute Gasteiger partial charge is 0.479 e. The zero-order valence-electron chi connectivity index (χ0n) is 28.4. The molecule has 3 saturated heterocycles. The number of carboxylic acids is 1. The van der Waals surface area contributed by atoms with Crippen molar-refractivity contribution >= 4 is 23.7 Å². The Balaban J connectivity index is 1.51. The van der Waals surface area contributed by atoms with Crippen molar-refractivity contribution in [1.82, 2.24) is 0 Å². The van der Waals surface area contributed by atoms with Crippen LogP contribution in [-0.4, -0.2) is 110 Å². The van der Waals surface area contributed by atoms with Gasteiger partial charge in [0.15, 0.2) is 12.4 Å². The van der Waals surface area contributed by atoms with Crippen LogP contribution >= 0.6 is 0 Å². The zero-order valence-corrected chi connectivity index (χ0v) is 28.4. The fourth-order valence-corrected chi connectivity index (χ4v) is 10.4. The number of hydrogen-bond acceptors (Lipinski definition) is 14. The number of fused-ring (bicyclic) bond motifs is 4. The molecule has 5 N–H and O–H groups in total. The van der Waals surface area contributed by atoms with E-state index in [2.05, 4.69) is 0 Å². The summed E-state index contributed by atoms with van der Waals surface area (Å²) in [5.41, 5.74) is -6.51. The van der Waals surface area contributed by atoms with Crippen LogP contribution in [0.5, 0.6) is 0 Å². The van der Waals surface area contributed by atoms with E-state index in [4.69, 9.17) is 28.1 Å². The van der Waals surface area contributed by atoms with Gasteiger partial charge < -0.3 is 53.6 Å². The third-order valence-corrected chi connectivity index (χ3v) is 12.7. The first-order chi connectivity index (χ1) is 22.8. The second-order valence-corrected chi connectivity index (χ2v) is 15.5. The summed E-state index contributed by atoms with van der Waals surface area (Å²) in [6, 6.07) is 1.58. The van der Waals surface area contributed by atoms with Crippen molar-refractivity contribution in [1.29, 1.82) is 0 Å². The number of carbonyl (C=O) groups excluding carboxylic acids is 3. The van der Waals surface area contributed by atoms with Crippen molar-refractivity contribution < 1.29 is 72.8 Å². The molecule has 0 bridgehead atoms. The fourth-order valence-electron chi connectivity index (χ4n) is 10.4. The number of carbonyl (C=O) groups is 4. The van der Waals surface area contributed by atoms with Crippen molar-refractivity contribution in [3.05, 3.63) is 24.2 Å². The molecule has 5 aliphatic rings. The Morgan fingerprint density at radius 2 is 1.71 bits per heavy atom. The van der Waals surface area contributed by atoms with Gasteiger partial charge in [-0.15, -0.1) is 0 Å². The lowest BCUT2D eigenvalue weighted by Gasteiger charge is -2.65. The summed E-state index contributed by atoms with van der Waals surface area (Å²) in [5, 5.41) is 52.3. The first-order valence-corrected chi connectivity index (χ1v) is 16.6. The summed E-state index contributed by atoms with van der Waals surface area (Å²) in [6.07, 6.45) is -8.99. The molecule has 3 aliphatic heterocycles. The summed E-state index contributed by atoms with van der Waals surface area (Å²) in [5.74, 6) is -4.14. The van der Waals surface area contributed by atoms with E-state index < -0.39 is 113 Å². The maximum atomic E-state index is 14.8. The summed E-state index contributed by atoms with van der Waals surface area (Å²) in [7, 11) is 0. The predicted octanol–water partition coefficient (Wildman–Crippen LogP) is 1.03. The molecule has 0 aromatic carbocycles. The third-order valence-electron chi connectivity index (χ3n) is 12.7. The highest BCUT2D eigenvalue weighted by Crippen LogP contribution is 2.77. The van der Waals surface area contributed by atoms with Crippen molar-refractivity contribution in [2.24, 2.45) is 28.1 Å². The Kier molecular flexibility index (Phi) is 8.66. The minimum absolute atomic E-state index is 0.140. The number of cyclic esters (lactones) is 1.